The lowest BCUT2D eigenvalue weighted by atomic mass is 10.2. The van der Waals surface area contributed by atoms with E-state index in [2.05, 4.69) is 53.1 Å². The van der Waals surface area contributed by atoms with Gasteiger partial charge in [0.1, 0.15) is 0 Å². The largest absolute Gasteiger partial charge is 0.382 e. The van der Waals surface area contributed by atoms with Crippen LogP contribution in [0.3, 0.4) is 0 Å². The Morgan fingerprint density at radius 2 is 2.07 bits per heavy atom. The molecule has 1 aromatic heterocycles. The molecule has 3 nitrogen and oxygen atoms in total. The minimum absolute atomic E-state index is 0.318. The predicted octanol–water partition coefficient (Wildman–Crippen LogP) is 2.82. The predicted molar refractivity (Wildman–Crippen MR) is 70.3 cm³/mol. The molecule has 0 fully saturated rings. The summed E-state index contributed by atoms with van der Waals surface area (Å²) >= 11 is 2.40. The van der Waals surface area contributed by atoms with Gasteiger partial charge in [-0.1, -0.05) is 13.8 Å². The van der Waals surface area contributed by atoms with E-state index >= 15 is 0 Å². The van der Waals surface area contributed by atoms with Crippen molar-refractivity contribution < 1.29 is 4.74 Å². The van der Waals surface area contributed by atoms with Crippen LogP contribution < -0.4 is 0 Å². The van der Waals surface area contributed by atoms with Crippen molar-refractivity contribution in [2.45, 2.75) is 39.7 Å². The van der Waals surface area contributed by atoms with Crippen molar-refractivity contribution >= 4 is 22.6 Å². The Hall–Kier alpha value is -0.100. The first-order valence-electron chi connectivity index (χ1n) is 5.40. The molecule has 1 aromatic rings. The van der Waals surface area contributed by atoms with Crippen LogP contribution in [0.5, 0.6) is 0 Å². The number of hydrogen-bond donors (Lipinski definition) is 0. The molecule has 1 atom stereocenters. The van der Waals surface area contributed by atoms with E-state index in [1.54, 1.807) is 7.11 Å². The minimum atomic E-state index is 0.318. The average molecular weight is 322 g/mol. The highest BCUT2D eigenvalue weighted by Crippen LogP contribution is 2.21. The molecule has 86 valence electrons. The fraction of sp³-hybridized carbons (Fsp3) is 0.727. The molecule has 0 saturated carbocycles. The van der Waals surface area contributed by atoms with Gasteiger partial charge in [0, 0.05) is 7.11 Å². The molecular weight excluding hydrogens is 303 g/mol. The zero-order valence-electron chi connectivity index (χ0n) is 9.88. The Morgan fingerprint density at radius 3 is 2.53 bits per heavy atom. The van der Waals surface area contributed by atoms with Crippen molar-refractivity contribution in [1.82, 2.24) is 9.78 Å². The van der Waals surface area contributed by atoms with Crippen LogP contribution in [0.4, 0.5) is 0 Å². The molecule has 1 heterocycles. The topological polar surface area (TPSA) is 27.1 Å². The van der Waals surface area contributed by atoms with E-state index in [1.807, 2.05) is 0 Å². The smallest absolute Gasteiger partial charge is 0.0758 e. The number of nitrogens with zero attached hydrogens (tertiary/aromatic N) is 2. The summed E-state index contributed by atoms with van der Waals surface area (Å²) in [4.78, 5) is 0. The molecule has 0 amide bonds. The van der Waals surface area contributed by atoms with Gasteiger partial charge in [0.2, 0.25) is 0 Å². The molecule has 1 rings (SSSR count). The first-order valence-corrected chi connectivity index (χ1v) is 6.48. The third-order valence-electron chi connectivity index (χ3n) is 2.51. The highest BCUT2D eigenvalue weighted by molar-refractivity contribution is 14.1. The number of methoxy groups -OCH3 is 1. The third kappa shape index (κ3) is 2.72. The lowest BCUT2D eigenvalue weighted by Gasteiger charge is -2.14. The van der Waals surface area contributed by atoms with Gasteiger partial charge in [0.15, 0.2) is 0 Å². The van der Waals surface area contributed by atoms with Crippen molar-refractivity contribution in [2.24, 2.45) is 0 Å². The Kier molecular flexibility index (Phi) is 5.05. The molecule has 0 aliphatic carbocycles. The van der Waals surface area contributed by atoms with E-state index in [9.17, 15) is 0 Å². The monoisotopic (exact) mass is 322 g/mol. The van der Waals surface area contributed by atoms with Gasteiger partial charge in [-0.3, -0.25) is 4.68 Å². The second-order valence-corrected chi connectivity index (χ2v) is 4.74. The van der Waals surface area contributed by atoms with Crippen molar-refractivity contribution in [1.29, 1.82) is 0 Å². The van der Waals surface area contributed by atoms with Crippen LogP contribution in [0, 0.1) is 3.57 Å². The number of rotatable bonds is 5. The second-order valence-electron chi connectivity index (χ2n) is 3.66. The molecule has 1 unspecified atom stereocenters. The van der Waals surface area contributed by atoms with Crippen molar-refractivity contribution in [3.05, 3.63) is 15.0 Å². The molecule has 0 radical (unpaired) electrons. The number of aromatic nitrogens is 2. The van der Waals surface area contributed by atoms with Crippen LogP contribution in [0.1, 0.15) is 38.2 Å². The van der Waals surface area contributed by atoms with Gasteiger partial charge in [0.25, 0.3) is 0 Å². The molecule has 0 bridgehead atoms. The van der Waals surface area contributed by atoms with Crippen molar-refractivity contribution in [3.8, 4) is 0 Å². The molecule has 15 heavy (non-hydrogen) atoms. The molecule has 0 aromatic carbocycles. The summed E-state index contributed by atoms with van der Waals surface area (Å²) in [5.41, 5.74) is 2.53. The third-order valence-corrected chi connectivity index (χ3v) is 3.75. The summed E-state index contributed by atoms with van der Waals surface area (Å²) in [5, 5.41) is 4.65. The first kappa shape index (κ1) is 13.0. The van der Waals surface area contributed by atoms with Gasteiger partial charge >= 0.3 is 0 Å². The van der Waals surface area contributed by atoms with E-state index in [1.165, 1.54) is 15.0 Å². The van der Waals surface area contributed by atoms with Crippen LogP contribution in [0.2, 0.25) is 0 Å². The summed E-state index contributed by atoms with van der Waals surface area (Å²) in [6, 6.07) is 0.318. The van der Waals surface area contributed by atoms with Crippen LogP contribution in [-0.2, 0) is 17.6 Å². The Labute approximate surface area is 105 Å². The maximum Gasteiger partial charge on any atom is 0.0758 e. The van der Waals surface area contributed by atoms with E-state index in [-0.39, 0.29) is 0 Å². The van der Waals surface area contributed by atoms with Crippen LogP contribution in [-0.4, -0.2) is 23.5 Å². The summed E-state index contributed by atoms with van der Waals surface area (Å²) in [6.45, 7) is 7.18. The molecule has 0 spiro atoms. The minimum Gasteiger partial charge on any atom is -0.382 e. The zero-order chi connectivity index (χ0) is 11.4. The van der Waals surface area contributed by atoms with Gasteiger partial charge in [-0.05, 0) is 42.4 Å². The molecule has 0 N–H and O–H groups in total. The Bertz CT molecular complexity index is 323. The molecule has 0 saturated heterocycles. The standard InChI is InChI=1S/C11H19IN2O/c1-5-9-11(12)10(6-2)14(13-9)8(3)7-15-4/h8H,5-7H2,1-4H3. The van der Waals surface area contributed by atoms with Crippen LogP contribution in [0.15, 0.2) is 0 Å². The van der Waals surface area contributed by atoms with Crippen LogP contribution >= 0.6 is 22.6 Å². The van der Waals surface area contributed by atoms with Gasteiger partial charge < -0.3 is 4.74 Å². The number of ether oxygens (including phenoxy) is 1. The summed E-state index contributed by atoms with van der Waals surface area (Å²) in [7, 11) is 1.73. The summed E-state index contributed by atoms with van der Waals surface area (Å²) in [6.07, 6.45) is 2.03. The van der Waals surface area contributed by atoms with E-state index in [4.69, 9.17) is 4.74 Å². The van der Waals surface area contributed by atoms with Gasteiger partial charge in [-0.15, -0.1) is 0 Å². The molecule has 0 aliphatic rings. The van der Waals surface area contributed by atoms with Gasteiger partial charge in [-0.2, -0.15) is 5.10 Å². The fourth-order valence-electron chi connectivity index (χ4n) is 1.72. The normalized spacial score (nSPS) is 13.1. The highest BCUT2D eigenvalue weighted by atomic mass is 127. The van der Waals surface area contributed by atoms with E-state index in [0.29, 0.717) is 12.6 Å². The number of aryl methyl sites for hydroxylation is 1. The molecular formula is C11H19IN2O. The van der Waals surface area contributed by atoms with Gasteiger partial charge in [0.05, 0.1) is 27.6 Å². The van der Waals surface area contributed by atoms with Crippen molar-refractivity contribution in [3.63, 3.8) is 0 Å². The highest BCUT2D eigenvalue weighted by Gasteiger charge is 2.16. The first-order chi connectivity index (χ1) is 7.15. The average Bonchev–Trinajstić information content (AvgIpc) is 2.55. The maximum absolute atomic E-state index is 5.18. The molecule has 4 heteroatoms. The van der Waals surface area contributed by atoms with E-state index < -0.39 is 0 Å². The van der Waals surface area contributed by atoms with E-state index in [0.717, 1.165) is 12.8 Å². The lowest BCUT2D eigenvalue weighted by Crippen LogP contribution is -2.15. The van der Waals surface area contributed by atoms with Gasteiger partial charge in [-0.25, -0.2) is 0 Å². The lowest BCUT2D eigenvalue weighted by molar-refractivity contribution is 0.155. The van der Waals surface area contributed by atoms with Crippen LogP contribution in [0.25, 0.3) is 0 Å². The zero-order valence-corrected chi connectivity index (χ0v) is 12.0. The quantitative estimate of drug-likeness (QED) is 0.780. The second kappa shape index (κ2) is 5.84. The SMILES string of the molecule is CCc1nn(C(C)COC)c(CC)c1I. The maximum atomic E-state index is 5.18. The molecule has 0 aliphatic heterocycles. The Morgan fingerprint density at radius 1 is 1.40 bits per heavy atom. The van der Waals surface area contributed by atoms with Crippen molar-refractivity contribution in [2.75, 3.05) is 13.7 Å². The summed E-state index contributed by atoms with van der Waals surface area (Å²) < 4.78 is 8.61. The summed E-state index contributed by atoms with van der Waals surface area (Å²) in [5.74, 6) is 0. The Balaban J connectivity index is 3.05. The fourth-order valence-corrected chi connectivity index (χ4v) is 2.84. The number of hydrogen-bond acceptors (Lipinski definition) is 2. The number of halogens is 1.